The smallest absolute Gasteiger partial charge is 0.00141 e. The maximum atomic E-state index is 2.43. The van der Waals surface area contributed by atoms with Crippen molar-refractivity contribution in [3.63, 3.8) is 0 Å². The molecular formula is C64H40. The third kappa shape index (κ3) is 5.92. The Morgan fingerprint density at radius 1 is 0.172 bits per heavy atom. The van der Waals surface area contributed by atoms with Crippen molar-refractivity contribution in [2.45, 2.75) is 0 Å². The van der Waals surface area contributed by atoms with Crippen LogP contribution in [0.3, 0.4) is 0 Å². The van der Waals surface area contributed by atoms with Gasteiger partial charge in [0, 0.05) is 0 Å². The first-order valence-corrected chi connectivity index (χ1v) is 22.2. The molecule has 0 fully saturated rings. The number of hydrogen-bond donors (Lipinski definition) is 0. The molecule has 0 bridgehead atoms. The van der Waals surface area contributed by atoms with Gasteiger partial charge in [0.25, 0.3) is 0 Å². The van der Waals surface area contributed by atoms with Crippen LogP contribution in [-0.2, 0) is 0 Å². The zero-order valence-electron chi connectivity index (χ0n) is 35.1. The lowest BCUT2D eigenvalue weighted by Gasteiger charge is -2.19. The van der Waals surface area contributed by atoms with Gasteiger partial charge in [-0.2, -0.15) is 0 Å². The molecule has 0 unspecified atom stereocenters. The van der Waals surface area contributed by atoms with Gasteiger partial charge in [-0.05, 0) is 161 Å². The van der Waals surface area contributed by atoms with Gasteiger partial charge in [-0.15, -0.1) is 0 Å². The minimum Gasteiger partial charge on any atom is -0.0616 e. The Bertz CT molecular complexity index is 4010. The van der Waals surface area contributed by atoms with Gasteiger partial charge >= 0.3 is 0 Å². The van der Waals surface area contributed by atoms with E-state index in [0.29, 0.717) is 0 Å². The van der Waals surface area contributed by atoms with Gasteiger partial charge in [-0.25, -0.2) is 0 Å². The lowest BCUT2D eigenvalue weighted by atomic mass is 9.84. The fraction of sp³-hybridized carbons (Fsp3) is 0. The quantitative estimate of drug-likeness (QED) is 0.120. The first-order valence-electron chi connectivity index (χ1n) is 22.2. The molecule has 296 valence electrons. The fourth-order valence-electron chi connectivity index (χ4n) is 10.5. The Hall–Kier alpha value is -8.32. The summed E-state index contributed by atoms with van der Waals surface area (Å²) in [6, 6.07) is 90.1. The predicted octanol–water partition coefficient (Wildman–Crippen LogP) is 18.1. The fourth-order valence-corrected chi connectivity index (χ4v) is 10.5. The average Bonchev–Trinajstić information content (AvgIpc) is 3.37. The highest BCUT2D eigenvalue weighted by molar-refractivity contribution is 6.22. The second-order valence-corrected chi connectivity index (χ2v) is 17.2. The molecule has 64 heavy (non-hydrogen) atoms. The Morgan fingerprint density at radius 3 is 1.22 bits per heavy atom. The highest BCUT2D eigenvalue weighted by Gasteiger charge is 2.19. The van der Waals surface area contributed by atoms with Crippen molar-refractivity contribution in [1.29, 1.82) is 0 Å². The van der Waals surface area contributed by atoms with Crippen molar-refractivity contribution < 1.29 is 0 Å². The van der Waals surface area contributed by atoms with Crippen LogP contribution >= 0.6 is 0 Å². The minimum atomic E-state index is 1.20. The van der Waals surface area contributed by atoms with E-state index in [1.165, 1.54) is 131 Å². The molecule has 0 atom stereocenters. The topological polar surface area (TPSA) is 0 Å². The Labute approximate surface area is 371 Å². The first kappa shape index (κ1) is 36.3. The summed E-state index contributed by atoms with van der Waals surface area (Å²) < 4.78 is 0. The Morgan fingerprint density at radius 2 is 0.578 bits per heavy atom. The molecule has 13 aromatic rings. The standard InChI is InChI=1S/C64H40/c1-6-23-55-41(12-1)15-9-26-60(55)64-61-27-11-24-56(48-18-7-16-44(36-48)46-32-34-57-50(38-46)30-28-42-13-2-4-21-53(42)57)62(61)40-52-20-10-25-59(63(52)64)49-19-8-17-45(37-49)47-33-35-58-51(39-47)31-29-43-14-3-5-22-54(43)58/h1-40H. The van der Waals surface area contributed by atoms with E-state index in [4.69, 9.17) is 0 Å². The molecular weight excluding hydrogens is 769 g/mol. The summed E-state index contributed by atoms with van der Waals surface area (Å²) >= 11 is 0. The van der Waals surface area contributed by atoms with Crippen LogP contribution in [0.4, 0.5) is 0 Å². The normalized spacial score (nSPS) is 11.8. The molecule has 0 heteroatoms. The van der Waals surface area contributed by atoms with Crippen LogP contribution in [0.1, 0.15) is 0 Å². The van der Waals surface area contributed by atoms with Crippen molar-refractivity contribution in [3.05, 3.63) is 243 Å². The molecule has 0 N–H and O–H groups in total. The van der Waals surface area contributed by atoms with E-state index >= 15 is 0 Å². The molecule has 0 radical (unpaired) electrons. The predicted molar refractivity (Wildman–Crippen MR) is 276 cm³/mol. The summed E-state index contributed by atoms with van der Waals surface area (Å²) in [5.41, 5.74) is 12.2. The van der Waals surface area contributed by atoms with E-state index in [-0.39, 0.29) is 0 Å². The van der Waals surface area contributed by atoms with Gasteiger partial charge in [-0.1, -0.05) is 212 Å². The van der Waals surface area contributed by atoms with Gasteiger partial charge in [-0.3, -0.25) is 0 Å². The van der Waals surface area contributed by atoms with Crippen molar-refractivity contribution >= 4 is 75.4 Å². The molecule has 0 aliphatic carbocycles. The zero-order chi connectivity index (χ0) is 42.1. The van der Waals surface area contributed by atoms with Crippen molar-refractivity contribution in [2.24, 2.45) is 0 Å². The number of benzene rings is 13. The molecule has 0 saturated carbocycles. The van der Waals surface area contributed by atoms with Crippen molar-refractivity contribution in [1.82, 2.24) is 0 Å². The second kappa shape index (κ2) is 14.7. The molecule has 0 aliphatic rings. The van der Waals surface area contributed by atoms with Gasteiger partial charge in [0.1, 0.15) is 0 Å². The van der Waals surface area contributed by atoms with Crippen LogP contribution in [-0.4, -0.2) is 0 Å². The molecule has 0 spiro atoms. The molecule has 0 nitrogen and oxygen atoms in total. The number of rotatable bonds is 5. The highest BCUT2D eigenvalue weighted by atomic mass is 14.2. The zero-order valence-corrected chi connectivity index (χ0v) is 35.1. The van der Waals surface area contributed by atoms with E-state index in [1.54, 1.807) is 0 Å². The van der Waals surface area contributed by atoms with Gasteiger partial charge in [0.15, 0.2) is 0 Å². The summed E-state index contributed by atoms with van der Waals surface area (Å²) in [4.78, 5) is 0. The first-order chi connectivity index (χ1) is 31.7. The lowest BCUT2D eigenvalue weighted by Crippen LogP contribution is -1.92. The maximum absolute atomic E-state index is 2.43. The molecule has 0 aliphatic heterocycles. The lowest BCUT2D eigenvalue weighted by molar-refractivity contribution is 1.61. The second-order valence-electron chi connectivity index (χ2n) is 17.2. The summed E-state index contributed by atoms with van der Waals surface area (Å²) in [7, 11) is 0. The third-order valence-corrected chi connectivity index (χ3v) is 13.6. The molecule has 13 rings (SSSR count). The van der Waals surface area contributed by atoms with E-state index in [0.717, 1.165) is 0 Å². The largest absolute Gasteiger partial charge is 0.0616 e. The van der Waals surface area contributed by atoms with E-state index in [1.807, 2.05) is 0 Å². The summed E-state index contributed by atoms with van der Waals surface area (Å²) in [6.07, 6.45) is 0. The molecule has 0 amide bonds. The van der Waals surface area contributed by atoms with Crippen LogP contribution in [0.15, 0.2) is 243 Å². The van der Waals surface area contributed by atoms with Crippen LogP contribution in [0, 0.1) is 0 Å². The molecule has 13 aromatic carbocycles. The minimum absolute atomic E-state index is 1.20. The van der Waals surface area contributed by atoms with Crippen LogP contribution in [0.2, 0.25) is 0 Å². The van der Waals surface area contributed by atoms with Crippen molar-refractivity contribution in [3.8, 4) is 55.6 Å². The van der Waals surface area contributed by atoms with Crippen LogP contribution < -0.4 is 0 Å². The molecule has 0 aromatic heterocycles. The summed E-state index contributed by atoms with van der Waals surface area (Å²) in [5, 5.41) is 17.7. The van der Waals surface area contributed by atoms with E-state index in [2.05, 4.69) is 243 Å². The van der Waals surface area contributed by atoms with Crippen molar-refractivity contribution in [2.75, 3.05) is 0 Å². The number of fused-ring (bicyclic) bond motifs is 9. The third-order valence-electron chi connectivity index (χ3n) is 13.6. The monoisotopic (exact) mass is 808 g/mol. The SMILES string of the molecule is c1cc(-c2ccc3c(ccc4ccccc43)c2)cc(-c2cccc3c(-c4cccc5ccccc45)c4c(-c5cccc(-c6ccc7c(ccc8ccccc87)c6)c5)cccc4cc23)c1. The van der Waals surface area contributed by atoms with Gasteiger partial charge in [0.2, 0.25) is 0 Å². The van der Waals surface area contributed by atoms with E-state index < -0.39 is 0 Å². The summed E-state index contributed by atoms with van der Waals surface area (Å²) in [5.74, 6) is 0. The van der Waals surface area contributed by atoms with E-state index in [9.17, 15) is 0 Å². The summed E-state index contributed by atoms with van der Waals surface area (Å²) in [6.45, 7) is 0. The Balaban J connectivity index is 0.999. The molecule has 0 heterocycles. The molecule has 0 saturated heterocycles. The number of hydrogen-bond acceptors (Lipinski definition) is 0. The van der Waals surface area contributed by atoms with Gasteiger partial charge < -0.3 is 0 Å². The van der Waals surface area contributed by atoms with Gasteiger partial charge in [0.05, 0.1) is 0 Å². The maximum Gasteiger partial charge on any atom is -0.00141 e. The highest BCUT2D eigenvalue weighted by Crippen LogP contribution is 2.46. The van der Waals surface area contributed by atoms with Crippen LogP contribution in [0.25, 0.3) is 131 Å². The Kier molecular flexibility index (Phi) is 8.32. The average molecular weight is 809 g/mol. The van der Waals surface area contributed by atoms with Crippen LogP contribution in [0.5, 0.6) is 0 Å².